The predicted molar refractivity (Wildman–Crippen MR) is 67.5 cm³/mol. The molecule has 1 N–H and O–H groups in total. The van der Waals surface area contributed by atoms with Crippen LogP contribution in [-0.2, 0) is 9.59 Å². The van der Waals surface area contributed by atoms with E-state index < -0.39 is 29.6 Å². The van der Waals surface area contributed by atoms with Gasteiger partial charge in [-0.2, -0.15) is 0 Å². The maximum absolute atomic E-state index is 13.2. The zero-order valence-corrected chi connectivity index (χ0v) is 11.3. The zero-order valence-electron chi connectivity index (χ0n) is 10.5. The average molecular weight is 300 g/mol. The van der Waals surface area contributed by atoms with Gasteiger partial charge in [-0.3, -0.25) is 19.7 Å². The number of nitrogens with one attached hydrogen (secondary N) is 1. The second kappa shape index (κ2) is 5.54. The fourth-order valence-corrected chi connectivity index (χ4v) is 2.20. The van der Waals surface area contributed by atoms with E-state index in [0.29, 0.717) is 6.42 Å². The Hall–Kier alpha value is -2.02. The van der Waals surface area contributed by atoms with Gasteiger partial charge in [-0.1, -0.05) is 18.5 Å². The van der Waals surface area contributed by atoms with Gasteiger partial charge in [-0.25, -0.2) is 9.37 Å². The summed E-state index contributed by atoms with van der Waals surface area (Å²) >= 11 is 5.76. The van der Waals surface area contributed by atoms with Crippen molar-refractivity contribution < 1.29 is 18.8 Å². The molecule has 1 aliphatic heterocycles. The first-order chi connectivity index (χ1) is 9.43. The summed E-state index contributed by atoms with van der Waals surface area (Å²) in [5.74, 6) is -2.57. The van der Waals surface area contributed by atoms with Gasteiger partial charge in [0.25, 0.3) is 5.91 Å². The van der Waals surface area contributed by atoms with Crippen molar-refractivity contribution in [1.29, 1.82) is 0 Å². The lowest BCUT2D eigenvalue weighted by atomic mass is 10.1. The van der Waals surface area contributed by atoms with E-state index in [4.69, 9.17) is 11.6 Å². The van der Waals surface area contributed by atoms with Crippen LogP contribution in [0.1, 0.15) is 23.7 Å². The van der Waals surface area contributed by atoms with Gasteiger partial charge in [0.05, 0.1) is 11.8 Å². The fourth-order valence-electron chi connectivity index (χ4n) is 2.01. The molecule has 0 radical (unpaired) electrons. The molecule has 1 aromatic heterocycles. The van der Waals surface area contributed by atoms with Crippen LogP contribution < -0.4 is 5.32 Å². The van der Waals surface area contributed by atoms with E-state index in [9.17, 15) is 18.8 Å². The summed E-state index contributed by atoms with van der Waals surface area (Å²) in [4.78, 5) is 40.0. The summed E-state index contributed by atoms with van der Waals surface area (Å²) in [5.41, 5.74) is -0.174. The van der Waals surface area contributed by atoms with Crippen molar-refractivity contribution in [3.05, 3.63) is 28.8 Å². The molecule has 1 aliphatic rings. The van der Waals surface area contributed by atoms with E-state index in [1.807, 2.05) is 0 Å². The molecule has 6 nitrogen and oxygen atoms in total. The fraction of sp³-hybridized carbons (Fsp3) is 0.333. The molecule has 0 saturated carbocycles. The van der Waals surface area contributed by atoms with Gasteiger partial charge in [0.1, 0.15) is 23.6 Å². The standard InChI is InChI=1S/C12H11ClFN3O3/c1-2-8-11(19)16-9(18)5-17(8)12(20)7-3-6(14)4-15-10(7)13/h3-4,8H,2,5H2,1H3,(H,16,18,19). The minimum atomic E-state index is -0.792. The summed E-state index contributed by atoms with van der Waals surface area (Å²) < 4.78 is 13.2. The summed E-state index contributed by atoms with van der Waals surface area (Å²) in [6, 6.07) is 0.140. The third-order valence-corrected chi connectivity index (χ3v) is 3.24. The number of imide groups is 1. The number of carbonyl (C=O) groups excluding carboxylic acids is 3. The van der Waals surface area contributed by atoms with Crippen LogP contribution >= 0.6 is 11.6 Å². The maximum Gasteiger partial charge on any atom is 0.258 e. The molecule has 0 bridgehead atoms. The Morgan fingerprint density at radius 1 is 1.60 bits per heavy atom. The monoisotopic (exact) mass is 299 g/mol. The highest BCUT2D eigenvalue weighted by molar-refractivity contribution is 6.32. The molecule has 2 rings (SSSR count). The van der Waals surface area contributed by atoms with E-state index >= 15 is 0 Å². The Bertz CT molecular complexity index is 593. The van der Waals surface area contributed by atoms with Gasteiger partial charge < -0.3 is 4.90 Å². The molecule has 1 aromatic rings. The number of hydrogen-bond acceptors (Lipinski definition) is 4. The molecular weight excluding hydrogens is 289 g/mol. The molecule has 106 valence electrons. The molecule has 1 unspecified atom stereocenters. The first kappa shape index (κ1) is 14.4. The number of amides is 3. The number of nitrogens with zero attached hydrogens (tertiary/aromatic N) is 2. The van der Waals surface area contributed by atoms with Crippen LogP contribution in [0.25, 0.3) is 0 Å². The number of rotatable bonds is 2. The Morgan fingerprint density at radius 3 is 2.95 bits per heavy atom. The van der Waals surface area contributed by atoms with Gasteiger partial charge in [0.2, 0.25) is 11.8 Å². The molecule has 2 heterocycles. The van der Waals surface area contributed by atoms with Gasteiger partial charge in [-0.05, 0) is 12.5 Å². The molecule has 1 atom stereocenters. The van der Waals surface area contributed by atoms with Crippen LogP contribution in [0.5, 0.6) is 0 Å². The summed E-state index contributed by atoms with van der Waals surface area (Å²) in [7, 11) is 0. The van der Waals surface area contributed by atoms with Crippen molar-refractivity contribution >= 4 is 29.3 Å². The van der Waals surface area contributed by atoms with Gasteiger partial charge in [0, 0.05) is 0 Å². The topological polar surface area (TPSA) is 79.4 Å². The number of piperazine rings is 1. The van der Waals surface area contributed by atoms with Crippen molar-refractivity contribution in [3.8, 4) is 0 Å². The number of aromatic nitrogens is 1. The Kier molecular flexibility index (Phi) is 3.99. The van der Waals surface area contributed by atoms with E-state index in [-0.39, 0.29) is 17.3 Å². The van der Waals surface area contributed by atoms with Gasteiger partial charge in [-0.15, -0.1) is 0 Å². The van der Waals surface area contributed by atoms with E-state index in [1.54, 1.807) is 6.92 Å². The van der Waals surface area contributed by atoms with Gasteiger partial charge in [0.15, 0.2) is 0 Å². The molecule has 0 aliphatic carbocycles. The minimum absolute atomic E-state index is 0.174. The van der Waals surface area contributed by atoms with Crippen LogP contribution in [0.2, 0.25) is 5.15 Å². The molecule has 0 aromatic carbocycles. The molecule has 20 heavy (non-hydrogen) atoms. The highest BCUT2D eigenvalue weighted by atomic mass is 35.5. The smallest absolute Gasteiger partial charge is 0.258 e. The lowest BCUT2D eigenvalue weighted by Crippen LogP contribution is -2.59. The zero-order chi connectivity index (χ0) is 14.9. The molecule has 3 amide bonds. The quantitative estimate of drug-likeness (QED) is 0.645. The van der Waals surface area contributed by atoms with Crippen molar-refractivity contribution in [1.82, 2.24) is 15.2 Å². The second-order valence-electron chi connectivity index (χ2n) is 4.26. The number of hydrogen-bond donors (Lipinski definition) is 1. The SMILES string of the molecule is CCC1C(=O)NC(=O)CN1C(=O)c1cc(F)cnc1Cl. The van der Waals surface area contributed by atoms with Crippen LogP contribution in [0.3, 0.4) is 0 Å². The van der Waals surface area contributed by atoms with E-state index in [0.717, 1.165) is 17.2 Å². The van der Waals surface area contributed by atoms with Crippen molar-refractivity contribution in [2.45, 2.75) is 19.4 Å². The Morgan fingerprint density at radius 2 is 2.30 bits per heavy atom. The lowest BCUT2D eigenvalue weighted by Gasteiger charge is -2.33. The van der Waals surface area contributed by atoms with Crippen LogP contribution in [0, 0.1) is 5.82 Å². The first-order valence-corrected chi connectivity index (χ1v) is 6.27. The van der Waals surface area contributed by atoms with Crippen LogP contribution in [0.15, 0.2) is 12.3 Å². The Balaban J connectivity index is 2.37. The number of pyridine rings is 1. The lowest BCUT2D eigenvalue weighted by molar-refractivity contribution is -0.138. The molecular formula is C12H11ClFN3O3. The van der Waals surface area contributed by atoms with Crippen LogP contribution in [0.4, 0.5) is 4.39 Å². The largest absolute Gasteiger partial charge is 0.317 e. The highest BCUT2D eigenvalue weighted by Crippen LogP contribution is 2.19. The van der Waals surface area contributed by atoms with E-state index in [1.165, 1.54) is 0 Å². The Labute approximate surface area is 118 Å². The first-order valence-electron chi connectivity index (χ1n) is 5.89. The van der Waals surface area contributed by atoms with Crippen molar-refractivity contribution in [2.75, 3.05) is 6.54 Å². The highest BCUT2D eigenvalue weighted by Gasteiger charge is 2.36. The van der Waals surface area contributed by atoms with Crippen LogP contribution in [-0.4, -0.2) is 40.2 Å². The molecule has 1 saturated heterocycles. The number of carbonyl (C=O) groups is 3. The maximum atomic E-state index is 13.2. The van der Waals surface area contributed by atoms with E-state index in [2.05, 4.69) is 10.3 Å². The normalized spacial score (nSPS) is 18.9. The molecule has 1 fully saturated rings. The van der Waals surface area contributed by atoms with Crippen molar-refractivity contribution in [3.63, 3.8) is 0 Å². The average Bonchev–Trinajstić information content (AvgIpc) is 2.40. The summed E-state index contributed by atoms with van der Waals surface area (Å²) in [6.07, 6.45) is 1.20. The summed E-state index contributed by atoms with van der Waals surface area (Å²) in [6.45, 7) is 1.42. The minimum Gasteiger partial charge on any atom is -0.317 e. The molecule has 8 heteroatoms. The third kappa shape index (κ3) is 2.62. The van der Waals surface area contributed by atoms with Gasteiger partial charge >= 0.3 is 0 Å². The second-order valence-corrected chi connectivity index (χ2v) is 4.62. The van der Waals surface area contributed by atoms with Crippen molar-refractivity contribution in [2.24, 2.45) is 0 Å². The number of halogens is 2. The summed E-state index contributed by atoms with van der Waals surface area (Å²) in [5, 5.41) is 1.97. The molecule has 0 spiro atoms. The third-order valence-electron chi connectivity index (χ3n) is 2.94. The predicted octanol–water partition coefficient (Wildman–Crippen LogP) is 0.751.